The minimum atomic E-state index is -0.605. The number of aromatic nitrogens is 2. The van der Waals surface area contributed by atoms with E-state index in [1.807, 2.05) is 45.0 Å². The zero-order valence-electron chi connectivity index (χ0n) is 43.4. The van der Waals surface area contributed by atoms with Crippen molar-refractivity contribution in [1.29, 1.82) is 0 Å². The average Bonchev–Trinajstić information content (AvgIpc) is 3.46. The molecule has 6 aliphatic rings. The highest BCUT2D eigenvalue weighted by molar-refractivity contribution is 5.98. The van der Waals surface area contributed by atoms with Gasteiger partial charge in [0.25, 0.3) is 17.4 Å². The predicted octanol–water partition coefficient (Wildman–Crippen LogP) is 5.31. The van der Waals surface area contributed by atoms with Crippen LogP contribution in [0.4, 0.5) is 4.39 Å². The van der Waals surface area contributed by atoms with Crippen molar-refractivity contribution in [3.63, 3.8) is 0 Å². The number of rotatable bonds is 13. The molecule has 1 unspecified atom stereocenters. The van der Waals surface area contributed by atoms with E-state index in [1.165, 1.54) is 6.07 Å². The standard InChI is InChI=1S/C58H74FN9O7/c59-50-16-15-41(35-51-47-13-4-5-14-48(47)55(71)62-61-51)34-49(50)57(73)66-30-28-65(29-31-66)52(69)39-63-22-17-40(18-23-63)37-64-24-26-67(27-25-64)58(74)53(42-8-2-1-3-9-42)60-54(70)45-11-6-10-44(36-45)46-12-7-21-68(38-46)56(72)43-19-32-75-33-20-43/h4-6,10-11,13-16,34,36,40,42-43,46,53H,1-3,7-9,12,17-33,35,37-39H2,(H,60,70)(H,62,71)/t46?,53-/m1/s1. The van der Waals surface area contributed by atoms with Gasteiger partial charge in [-0.2, -0.15) is 5.10 Å². The quantitative estimate of drug-likeness (QED) is 0.179. The van der Waals surface area contributed by atoms with Crippen LogP contribution in [0.1, 0.15) is 114 Å². The summed E-state index contributed by atoms with van der Waals surface area (Å²) in [6.45, 7) is 9.86. The molecule has 0 radical (unpaired) electrons. The molecule has 10 rings (SSSR count). The van der Waals surface area contributed by atoms with E-state index in [2.05, 4.69) is 31.4 Å². The number of ether oxygens (including phenoxy) is 1. The number of hydrogen-bond donors (Lipinski definition) is 2. The number of amides is 5. The fourth-order valence-corrected chi connectivity index (χ4v) is 12.7. The van der Waals surface area contributed by atoms with E-state index in [-0.39, 0.29) is 52.5 Å². The van der Waals surface area contributed by atoms with Gasteiger partial charge in [0.15, 0.2) is 0 Å². The van der Waals surface area contributed by atoms with Crippen LogP contribution < -0.4 is 10.9 Å². The van der Waals surface area contributed by atoms with Crippen molar-refractivity contribution in [3.8, 4) is 0 Å². The number of carbonyl (C=O) groups is 5. The Kier molecular flexibility index (Phi) is 17.0. The lowest BCUT2D eigenvalue weighted by molar-refractivity contribution is -0.140. The SMILES string of the molecule is O=C(N[C@@H](C(=O)N1CCN(CC2CCN(CC(=O)N3CCN(C(=O)c4cc(Cc5n[nH]c(=O)c6ccccc56)ccc4F)CC3)CC2)CC1)C1CCCCC1)c1cccc(C2CCCN(C(=O)C3CCOCC3)C2)c1. The lowest BCUT2D eigenvalue weighted by atomic mass is 9.83. The van der Waals surface area contributed by atoms with Crippen LogP contribution in [0.15, 0.2) is 71.5 Å². The van der Waals surface area contributed by atoms with Gasteiger partial charge in [-0.25, -0.2) is 9.49 Å². The molecule has 17 heteroatoms. The van der Waals surface area contributed by atoms with E-state index >= 15 is 4.39 Å². The number of halogens is 1. The molecular formula is C58H74FN9O7. The normalized spacial score (nSPS) is 21.5. The van der Waals surface area contributed by atoms with E-state index in [0.717, 1.165) is 115 Å². The van der Waals surface area contributed by atoms with Crippen LogP contribution in [0.3, 0.4) is 0 Å². The molecule has 1 saturated carbocycles. The van der Waals surface area contributed by atoms with Crippen LogP contribution in [0.2, 0.25) is 0 Å². The van der Waals surface area contributed by atoms with Gasteiger partial charge in [0.05, 0.1) is 23.2 Å². The van der Waals surface area contributed by atoms with E-state index in [4.69, 9.17) is 4.74 Å². The summed E-state index contributed by atoms with van der Waals surface area (Å²) in [5, 5.41) is 11.3. The molecule has 6 heterocycles. The Morgan fingerprint density at radius 1 is 0.693 bits per heavy atom. The molecule has 0 bridgehead atoms. The zero-order valence-corrected chi connectivity index (χ0v) is 43.4. The molecule has 4 aromatic rings. The minimum Gasteiger partial charge on any atom is -0.381 e. The van der Waals surface area contributed by atoms with Crippen molar-refractivity contribution in [1.82, 2.24) is 44.9 Å². The summed E-state index contributed by atoms with van der Waals surface area (Å²) < 4.78 is 20.6. The summed E-state index contributed by atoms with van der Waals surface area (Å²) in [7, 11) is 0. The Labute approximate surface area is 439 Å². The molecule has 5 amide bonds. The van der Waals surface area contributed by atoms with E-state index in [1.54, 1.807) is 29.2 Å². The van der Waals surface area contributed by atoms with Gasteiger partial charge in [0, 0.05) is 114 Å². The Bertz CT molecular complexity index is 2740. The number of benzene rings is 3. The van der Waals surface area contributed by atoms with Crippen LogP contribution >= 0.6 is 0 Å². The van der Waals surface area contributed by atoms with Crippen molar-refractivity contribution in [2.24, 2.45) is 17.8 Å². The molecule has 5 aliphatic heterocycles. The summed E-state index contributed by atoms with van der Waals surface area (Å²) in [4.78, 5) is 93.5. The van der Waals surface area contributed by atoms with Gasteiger partial charge >= 0.3 is 0 Å². The van der Waals surface area contributed by atoms with Gasteiger partial charge in [0.1, 0.15) is 11.9 Å². The second-order valence-corrected chi connectivity index (χ2v) is 22.0. The lowest BCUT2D eigenvalue weighted by Crippen LogP contribution is -2.57. The molecule has 6 fully saturated rings. The Balaban J connectivity index is 0.657. The Morgan fingerprint density at radius 2 is 1.41 bits per heavy atom. The molecule has 2 atom stereocenters. The number of fused-ring (bicyclic) bond motifs is 1. The molecule has 16 nitrogen and oxygen atoms in total. The largest absolute Gasteiger partial charge is 0.381 e. The molecule has 5 saturated heterocycles. The third-order valence-corrected chi connectivity index (χ3v) is 17.2. The highest BCUT2D eigenvalue weighted by Crippen LogP contribution is 2.32. The maximum absolute atomic E-state index is 15.1. The number of nitrogens with one attached hydrogen (secondary N) is 2. The summed E-state index contributed by atoms with van der Waals surface area (Å²) in [6.07, 6.45) is 10.9. The maximum atomic E-state index is 15.1. The molecule has 1 aliphatic carbocycles. The zero-order chi connectivity index (χ0) is 51.8. The second-order valence-electron chi connectivity index (χ2n) is 22.0. The van der Waals surface area contributed by atoms with Crippen molar-refractivity contribution >= 4 is 40.3 Å². The summed E-state index contributed by atoms with van der Waals surface area (Å²) >= 11 is 0. The topological polar surface area (TPSA) is 172 Å². The first kappa shape index (κ1) is 52.4. The molecule has 0 spiro atoms. The van der Waals surface area contributed by atoms with E-state index in [0.29, 0.717) is 106 Å². The van der Waals surface area contributed by atoms with Crippen molar-refractivity contribution in [2.45, 2.75) is 89.0 Å². The molecular weight excluding hydrogens is 954 g/mol. The number of piperidine rings is 2. The van der Waals surface area contributed by atoms with Gasteiger partial charge in [-0.05, 0) is 118 Å². The lowest BCUT2D eigenvalue weighted by Gasteiger charge is -2.41. The van der Waals surface area contributed by atoms with Crippen LogP contribution in [0.5, 0.6) is 0 Å². The maximum Gasteiger partial charge on any atom is 0.272 e. The predicted molar refractivity (Wildman–Crippen MR) is 283 cm³/mol. The number of hydrogen-bond acceptors (Lipinski definition) is 10. The van der Waals surface area contributed by atoms with Gasteiger partial charge in [-0.15, -0.1) is 0 Å². The number of aromatic amines is 1. The fraction of sp³-hybridized carbons (Fsp3) is 0.569. The van der Waals surface area contributed by atoms with Gasteiger partial charge in [0.2, 0.25) is 17.7 Å². The van der Waals surface area contributed by atoms with Crippen LogP contribution in [-0.4, -0.2) is 180 Å². The van der Waals surface area contributed by atoms with E-state index in [9.17, 15) is 28.8 Å². The number of H-pyrrole nitrogens is 1. The second kappa shape index (κ2) is 24.3. The van der Waals surface area contributed by atoms with Gasteiger partial charge in [-0.1, -0.05) is 55.7 Å². The molecule has 75 heavy (non-hydrogen) atoms. The third-order valence-electron chi connectivity index (χ3n) is 17.2. The van der Waals surface area contributed by atoms with Crippen molar-refractivity contribution in [2.75, 3.05) is 105 Å². The average molecular weight is 1030 g/mol. The van der Waals surface area contributed by atoms with Gasteiger partial charge in [-0.3, -0.25) is 38.6 Å². The highest BCUT2D eigenvalue weighted by atomic mass is 19.1. The molecule has 400 valence electrons. The smallest absolute Gasteiger partial charge is 0.272 e. The molecule has 1 aromatic heterocycles. The summed E-state index contributed by atoms with van der Waals surface area (Å²) in [5.41, 5.74) is 2.65. The monoisotopic (exact) mass is 1030 g/mol. The fourth-order valence-electron chi connectivity index (χ4n) is 12.7. The highest BCUT2D eigenvalue weighted by Gasteiger charge is 2.37. The summed E-state index contributed by atoms with van der Waals surface area (Å²) in [6, 6.07) is 18.9. The van der Waals surface area contributed by atoms with Crippen molar-refractivity contribution < 1.29 is 33.1 Å². The van der Waals surface area contributed by atoms with Crippen LogP contribution in [0.25, 0.3) is 10.8 Å². The number of piperazine rings is 2. The summed E-state index contributed by atoms with van der Waals surface area (Å²) in [5.74, 6) is -0.140. The Hall–Kier alpha value is -6.04. The van der Waals surface area contributed by atoms with Crippen molar-refractivity contribution in [3.05, 3.63) is 111 Å². The first-order chi connectivity index (χ1) is 36.5. The minimum absolute atomic E-state index is 0.0220. The number of likely N-dealkylation sites (tertiary alicyclic amines) is 2. The molecule has 3 aromatic carbocycles. The Morgan fingerprint density at radius 3 is 2.17 bits per heavy atom. The first-order valence-corrected chi connectivity index (χ1v) is 27.9. The van der Waals surface area contributed by atoms with Crippen LogP contribution in [-0.2, 0) is 25.5 Å². The van der Waals surface area contributed by atoms with E-state index < -0.39 is 17.8 Å². The first-order valence-electron chi connectivity index (χ1n) is 27.9. The molecule has 2 N–H and O–H groups in total. The van der Waals surface area contributed by atoms with Crippen LogP contribution in [0, 0.1) is 23.6 Å². The van der Waals surface area contributed by atoms with Gasteiger partial charge < -0.3 is 29.7 Å². The number of carbonyl (C=O) groups excluding carboxylic acids is 5. The third kappa shape index (κ3) is 12.6. The number of nitrogens with zero attached hydrogens (tertiary/aromatic N) is 7.